The highest BCUT2D eigenvalue weighted by atomic mass is 16.6. The molecule has 0 aliphatic heterocycles. The van der Waals surface area contributed by atoms with Crippen LogP contribution in [0.25, 0.3) is 11.1 Å². The first-order chi connectivity index (χ1) is 11.5. The Labute approximate surface area is 138 Å². The van der Waals surface area contributed by atoms with Gasteiger partial charge in [-0.1, -0.05) is 36.4 Å². The van der Waals surface area contributed by atoms with Gasteiger partial charge in [0.2, 0.25) is 0 Å². The molecule has 0 aliphatic rings. The maximum atomic E-state index is 10.8. The fourth-order valence-electron chi connectivity index (χ4n) is 2.21. The number of carbonyl (C=O) groups is 2. The predicted molar refractivity (Wildman–Crippen MR) is 87.4 cm³/mol. The summed E-state index contributed by atoms with van der Waals surface area (Å²) >= 11 is 0. The van der Waals surface area contributed by atoms with Gasteiger partial charge < -0.3 is 26.0 Å². The van der Waals surface area contributed by atoms with Crippen molar-refractivity contribution in [1.82, 2.24) is 0 Å². The van der Waals surface area contributed by atoms with Crippen molar-refractivity contribution in [2.45, 2.75) is 5.92 Å². The minimum absolute atomic E-state index is 0.0266. The van der Waals surface area contributed by atoms with Crippen molar-refractivity contribution in [3.63, 3.8) is 0 Å². The lowest BCUT2D eigenvalue weighted by Gasteiger charge is -2.17. The van der Waals surface area contributed by atoms with Crippen molar-refractivity contribution in [3.8, 4) is 16.9 Å². The van der Waals surface area contributed by atoms with E-state index in [1.54, 1.807) is 24.3 Å². The molecular weight excluding hydrogens is 312 g/mol. The first-order valence-corrected chi connectivity index (χ1v) is 7.19. The number of rotatable bonds is 6. The van der Waals surface area contributed by atoms with Crippen LogP contribution in [-0.4, -0.2) is 30.5 Å². The SMILES string of the molecule is NC(=O)OCC(COC(N)=O)c1ccc(-c2ccc(O)cc2)cc1. The molecule has 0 aliphatic carbocycles. The van der Waals surface area contributed by atoms with E-state index in [9.17, 15) is 14.7 Å². The van der Waals surface area contributed by atoms with Crippen molar-refractivity contribution in [3.05, 3.63) is 54.1 Å². The summed E-state index contributed by atoms with van der Waals surface area (Å²) in [5.74, 6) is -0.179. The van der Waals surface area contributed by atoms with Crippen LogP contribution < -0.4 is 11.5 Å². The van der Waals surface area contributed by atoms with Gasteiger partial charge in [0.25, 0.3) is 0 Å². The predicted octanol–water partition coefficient (Wildman–Crippen LogP) is 2.33. The van der Waals surface area contributed by atoms with Crippen LogP contribution in [0.15, 0.2) is 48.5 Å². The largest absolute Gasteiger partial charge is 0.508 e. The Kier molecular flexibility index (Phi) is 5.62. The highest BCUT2D eigenvalue weighted by molar-refractivity contribution is 5.66. The number of amides is 2. The van der Waals surface area contributed by atoms with Crippen molar-refractivity contribution in [2.24, 2.45) is 11.5 Å². The third kappa shape index (κ3) is 4.91. The number of phenols is 1. The molecule has 0 bridgehead atoms. The van der Waals surface area contributed by atoms with Crippen molar-refractivity contribution >= 4 is 12.2 Å². The molecule has 0 fully saturated rings. The molecular formula is C17H18N2O5. The molecule has 0 unspecified atom stereocenters. The minimum atomic E-state index is -0.903. The second kappa shape index (κ2) is 7.87. The zero-order chi connectivity index (χ0) is 17.5. The van der Waals surface area contributed by atoms with Crippen LogP contribution in [-0.2, 0) is 9.47 Å². The topological polar surface area (TPSA) is 125 Å². The van der Waals surface area contributed by atoms with Crippen LogP contribution in [0, 0.1) is 0 Å². The molecule has 7 nitrogen and oxygen atoms in total. The lowest BCUT2D eigenvalue weighted by atomic mass is 9.97. The molecule has 24 heavy (non-hydrogen) atoms. The molecule has 0 saturated heterocycles. The Bertz CT molecular complexity index is 680. The highest BCUT2D eigenvalue weighted by Crippen LogP contribution is 2.25. The Hall–Kier alpha value is -3.22. The zero-order valence-electron chi connectivity index (χ0n) is 12.8. The van der Waals surface area contributed by atoms with Gasteiger partial charge in [-0.25, -0.2) is 9.59 Å². The molecule has 0 spiro atoms. The van der Waals surface area contributed by atoms with Crippen LogP contribution >= 0.6 is 0 Å². The average Bonchev–Trinajstić information content (AvgIpc) is 2.55. The number of aromatic hydroxyl groups is 1. The second-order valence-electron chi connectivity index (χ2n) is 5.13. The fourth-order valence-corrected chi connectivity index (χ4v) is 2.21. The number of nitrogens with two attached hydrogens (primary N) is 2. The Balaban J connectivity index is 2.15. The summed E-state index contributed by atoms with van der Waals surface area (Å²) in [7, 11) is 0. The summed E-state index contributed by atoms with van der Waals surface area (Å²) in [4.78, 5) is 21.6. The van der Waals surface area contributed by atoms with Gasteiger partial charge in [0.15, 0.2) is 0 Å². The first kappa shape index (κ1) is 17.1. The van der Waals surface area contributed by atoms with Gasteiger partial charge in [-0.2, -0.15) is 0 Å². The van der Waals surface area contributed by atoms with Gasteiger partial charge in [-0.3, -0.25) is 0 Å². The summed E-state index contributed by atoms with van der Waals surface area (Å²) in [6.45, 7) is -0.0532. The van der Waals surface area contributed by atoms with E-state index in [0.717, 1.165) is 16.7 Å². The second-order valence-corrected chi connectivity index (χ2v) is 5.13. The van der Waals surface area contributed by atoms with Gasteiger partial charge in [0, 0.05) is 0 Å². The lowest BCUT2D eigenvalue weighted by Crippen LogP contribution is -2.23. The molecule has 2 rings (SSSR count). The molecule has 0 heterocycles. The van der Waals surface area contributed by atoms with Crippen LogP contribution in [0.4, 0.5) is 9.59 Å². The van der Waals surface area contributed by atoms with Crippen LogP contribution in [0.3, 0.4) is 0 Å². The number of phenolic OH excluding ortho intramolecular Hbond substituents is 1. The highest BCUT2D eigenvalue weighted by Gasteiger charge is 2.16. The number of hydrogen-bond acceptors (Lipinski definition) is 5. The molecule has 2 aromatic rings. The van der Waals surface area contributed by atoms with Crippen molar-refractivity contribution < 1.29 is 24.2 Å². The monoisotopic (exact) mass is 330 g/mol. The number of primary amides is 2. The quantitative estimate of drug-likeness (QED) is 0.749. The molecule has 7 heteroatoms. The van der Waals surface area contributed by atoms with E-state index in [1.807, 2.05) is 24.3 Å². The third-order valence-corrected chi connectivity index (χ3v) is 3.44. The van der Waals surface area contributed by atoms with E-state index in [2.05, 4.69) is 0 Å². The van der Waals surface area contributed by atoms with Crippen LogP contribution in [0.5, 0.6) is 5.75 Å². The Morgan fingerprint density at radius 1 is 0.833 bits per heavy atom. The summed E-state index contributed by atoms with van der Waals surface area (Å²) in [5, 5.41) is 9.32. The minimum Gasteiger partial charge on any atom is -0.508 e. The van der Waals surface area contributed by atoms with Crippen molar-refractivity contribution in [2.75, 3.05) is 13.2 Å². The number of carbonyl (C=O) groups excluding carboxylic acids is 2. The van der Waals surface area contributed by atoms with Gasteiger partial charge in [-0.15, -0.1) is 0 Å². The average molecular weight is 330 g/mol. The lowest BCUT2D eigenvalue weighted by molar-refractivity contribution is 0.116. The number of benzene rings is 2. The van der Waals surface area contributed by atoms with Gasteiger partial charge in [0.05, 0.1) is 5.92 Å². The van der Waals surface area contributed by atoms with E-state index in [0.29, 0.717) is 0 Å². The van der Waals surface area contributed by atoms with Crippen LogP contribution in [0.1, 0.15) is 11.5 Å². The van der Waals surface area contributed by atoms with E-state index < -0.39 is 12.2 Å². The molecule has 0 aromatic heterocycles. The van der Waals surface area contributed by atoms with E-state index in [-0.39, 0.29) is 24.9 Å². The summed E-state index contributed by atoms with van der Waals surface area (Å²) in [5.41, 5.74) is 12.6. The number of ether oxygens (including phenoxy) is 2. The standard InChI is InChI=1S/C17H18N2O5/c18-16(21)23-9-14(10-24-17(19)22)13-3-1-11(2-4-13)12-5-7-15(20)8-6-12/h1-8,14,20H,9-10H2,(H2,18,21)(H2,19,22). The Morgan fingerprint density at radius 3 is 1.67 bits per heavy atom. The normalized spacial score (nSPS) is 10.4. The van der Waals surface area contributed by atoms with Crippen LogP contribution in [0.2, 0.25) is 0 Å². The molecule has 0 saturated carbocycles. The maximum absolute atomic E-state index is 10.8. The molecule has 2 amide bonds. The molecule has 0 atom stereocenters. The molecule has 2 aromatic carbocycles. The Morgan fingerprint density at radius 2 is 1.25 bits per heavy atom. The summed E-state index contributed by atoms with van der Waals surface area (Å²) < 4.78 is 9.60. The molecule has 5 N–H and O–H groups in total. The van der Waals surface area contributed by atoms with Gasteiger partial charge in [0.1, 0.15) is 19.0 Å². The first-order valence-electron chi connectivity index (χ1n) is 7.19. The molecule has 0 radical (unpaired) electrons. The van der Waals surface area contributed by atoms with Gasteiger partial charge in [-0.05, 0) is 28.8 Å². The zero-order valence-corrected chi connectivity index (χ0v) is 12.8. The van der Waals surface area contributed by atoms with Gasteiger partial charge >= 0.3 is 12.2 Å². The van der Waals surface area contributed by atoms with E-state index in [4.69, 9.17) is 20.9 Å². The molecule has 126 valence electrons. The smallest absolute Gasteiger partial charge is 0.404 e. The number of hydrogen-bond donors (Lipinski definition) is 3. The summed E-state index contributed by atoms with van der Waals surface area (Å²) in [6.07, 6.45) is -1.81. The summed E-state index contributed by atoms with van der Waals surface area (Å²) in [6, 6.07) is 14.2. The van der Waals surface area contributed by atoms with Crippen molar-refractivity contribution in [1.29, 1.82) is 0 Å². The maximum Gasteiger partial charge on any atom is 0.404 e. The fraction of sp³-hybridized carbons (Fsp3) is 0.176. The van der Waals surface area contributed by atoms with E-state index in [1.165, 1.54) is 0 Å². The third-order valence-electron chi connectivity index (χ3n) is 3.44. The van der Waals surface area contributed by atoms with E-state index >= 15 is 0 Å².